The maximum atomic E-state index is 8.66. The second kappa shape index (κ2) is 9.53. The van der Waals surface area contributed by atoms with Crippen LogP contribution in [0, 0.1) is 11.3 Å². The van der Waals surface area contributed by atoms with E-state index in [2.05, 4.69) is 28.8 Å². The lowest BCUT2D eigenvalue weighted by molar-refractivity contribution is 0.414. The Balaban J connectivity index is 1.70. The number of methoxy groups -OCH3 is 1. The summed E-state index contributed by atoms with van der Waals surface area (Å²) in [5.74, 6) is 0.887. The molecule has 2 N–H and O–H groups in total. The van der Waals surface area contributed by atoms with Gasteiger partial charge < -0.3 is 15.4 Å². The number of ether oxygens (including phenoxy) is 1. The highest BCUT2D eigenvalue weighted by Gasteiger charge is 2.00. The first-order chi connectivity index (χ1) is 11.7. The molecule has 0 aliphatic heterocycles. The van der Waals surface area contributed by atoms with Crippen molar-refractivity contribution in [3.8, 4) is 11.8 Å². The van der Waals surface area contributed by atoms with Gasteiger partial charge in [-0.1, -0.05) is 24.3 Å². The van der Waals surface area contributed by atoms with Crippen LogP contribution >= 0.6 is 12.2 Å². The Hall–Kier alpha value is -2.58. The molecule has 0 radical (unpaired) electrons. The zero-order valence-corrected chi connectivity index (χ0v) is 14.5. The van der Waals surface area contributed by atoms with E-state index in [0.717, 1.165) is 36.4 Å². The van der Waals surface area contributed by atoms with Crippen LogP contribution in [0.25, 0.3) is 0 Å². The van der Waals surface area contributed by atoms with Crippen molar-refractivity contribution in [2.75, 3.05) is 19.0 Å². The van der Waals surface area contributed by atoms with Gasteiger partial charge >= 0.3 is 0 Å². The Morgan fingerprint density at radius 3 is 2.67 bits per heavy atom. The molecule has 5 heteroatoms. The van der Waals surface area contributed by atoms with Crippen molar-refractivity contribution in [1.29, 1.82) is 5.26 Å². The zero-order chi connectivity index (χ0) is 17.2. The lowest BCUT2D eigenvalue weighted by Crippen LogP contribution is -2.29. The Labute approximate surface area is 148 Å². The van der Waals surface area contributed by atoms with Crippen LogP contribution in [0.2, 0.25) is 0 Å². The quantitative estimate of drug-likeness (QED) is 0.595. The molecule has 0 aliphatic rings. The monoisotopic (exact) mass is 339 g/mol. The number of benzene rings is 2. The number of nitriles is 1. The van der Waals surface area contributed by atoms with Crippen molar-refractivity contribution in [1.82, 2.24) is 5.32 Å². The standard InChI is InChI=1S/C19H21N3OS/c1-23-18-6-2-4-16(14-18)5-3-13-21-19(24)22-17-9-7-15(8-10-17)11-12-20/h2,4,6-10,14H,3,5,11,13H2,1H3,(H2,21,22,24). The molecule has 2 aromatic carbocycles. The SMILES string of the molecule is COc1cccc(CCCNC(=S)Nc2ccc(CC#N)cc2)c1. The van der Waals surface area contributed by atoms with Gasteiger partial charge in [-0.25, -0.2) is 0 Å². The molecule has 0 saturated carbocycles. The van der Waals surface area contributed by atoms with Crippen LogP contribution < -0.4 is 15.4 Å². The van der Waals surface area contributed by atoms with E-state index >= 15 is 0 Å². The van der Waals surface area contributed by atoms with Gasteiger partial charge in [0.15, 0.2) is 5.11 Å². The lowest BCUT2D eigenvalue weighted by atomic mass is 10.1. The van der Waals surface area contributed by atoms with Crippen molar-refractivity contribution in [2.24, 2.45) is 0 Å². The normalized spacial score (nSPS) is 9.83. The fourth-order valence-electron chi connectivity index (χ4n) is 2.29. The third-order valence-corrected chi connectivity index (χ3v) is 3.80. The van der Waals surface area contributed by atoms with Crippen molar-refractivity contribution in [2.45, 2.75) is 19.3 Å². The number of nitrogens with one attached hydrogen (secondary N) is 2. The first kappa shape index (κ1) is 17.8. The second-order valence-corrected chi connectivity index (χ2v) is 5.78. The van der Waals surface area contributed by atoms with Crippen LogP contribution in [0.4, 0.5) is 5.69 Å². The number of anilines is 1. The summed E-state index contributed by atoms with van der Waals surface area (Å²) in [4.78, 5) is 0. The summed E-state index contributed by atoms with van der Waals surface area (Å²) < 4.78 is 5.23. The summed E-state index contributed by atoms with van der Waals surface area (Å²) in [5.41, 5.74) is 3.17. The minimum Gasteiger partial charge on any atom is -0.497 e. The minimum absolute atomic E-state index is 0.424. The van der Waals surface area contributed by atoms with E-state index in [-0.39, 0.29) is 0 Å². The third-order valence-electron chi connectivity index (χ3n) is 3.56. The molecule has 0 amide bonds. The molecule has 4 nitrogen and oxygen atoms in total. The first-order valence-corrected chi connectivity index (χ1v) is 8.26. The van der Waals surface area contributed by atoms with E-state index in [9.17, 15) is 0 Å². The molecular formula is C19H21N3OS. The molecule has 0 atom stereocenters. The molecule has 0 spiro atoms. The predicted octanol–water partition coefficient (Wildman–Crippen LogP) is 3.68. The van der Waals surface area contributed by atoms with Crippen LogP contribution in [-0.4, -0.2) is 18.8 Å². The van der Waals surface area contributed by atoms with Crippen molar-refractivity contribution in [3.63, 3.8) is 0 Å². The molecule has 0 aliphatic carbocycles. The smallest absolute Gasteiger partial charge is 0.170 e. The van der Waals surface area contributed by atoms with E-state index in [1.807, 2.05) is 36.4 Å². The highest BCUT2D eigenvalue weighted by molar-refractivity contribution is 7.80. The highest BCUT2D eigenvalue weighted by Crippen LogP contribution is 2.13. The van der Waals surface area contributed by atoms with Gasteiger partial charge in [0.05, 0.1) is 19.6 Å². The van der Waals surface area contributed by atoms with Crippen LogP contribution in [0.15, 0.2) is 48.5 Å². The summed E-state index contributed by atoms with van der Waals surface area (Å²) in [6, 6.07) is 17.9. The maximum Gasteiger partial charge on any atom is 0.170 e. The van der Waals surface area contributed by atoms with Gasteiger partial charge in [-0.15, -0.1) is 0 Å². The van der Waals surface area contributed by atoms with Gasteiger partial charge in [0.2, 0.25) is 0 Å². The Kier molecular flexibility index (Phi) is 7.06. The number of rotatable bonds is 7. The van der Waals surface area contributed by atoms with E-state index in [1.54, 1.807) is 7.11 Å². The highest BCUT2D eigenvalue weighted by atomic mass is 32.1. The number of aryl methyl sites for hydroxylation is 1. The van der Waals surface area contributed by atoms with Crippen molar-refractivity contribution < 1.29 is 4.74 Å². The van der Waals surface area contributed by atoms with Gasteiger partial charge in [-0.05, 0) is 60.5 Å². The first-order valence-electron chi connectivity index (χ1n) is 7.85. The number of hydrogen-bond donors (Lipinski definition) is 2. The number of hydrogen-bond acceptors (Lipinski definition) is 3. The molecule has 0 aromatic heterocycles. The number of nitrogens with zero attached hydrogens (tertiary/aromatic N) is 1. The van der Waals surface area contributed by atoms with Gasteiger partial charge in [0.25, 0.3) is 0 Å². The average Bonchev–Trinajstić information content (AvgIpc) is 2.61. The van der Waals surface area contributed by atoms with Crippen LogP contribution in [-0.2, 0) is 12.8 Å². The molecule has 124 valence electrons. The summed E-state index contributed by atoms with van der Waals surface area (Å²) in [6.07, 6.45) is 2.37. The summed E-state index contributed by atoms with van der Waals surface area (Å²) in [6.45, 7) is 0.801. The fraction of sp³-hybridized carbons (Fsp3) is 0.263. The van der Waals surface area contributed by atoms with E-state index < -0.39 is 0 Å². The van der Waals surface area contributed by atoms with E-state index in [0.29, 0.717) is 11.5 Å². The van der Waals surface area contributed by atoms with Gasteiger partial charge in [-0.2, -0.15) is 5.26 Å². The maximum absolute atomic E-state index is 8.66. The predicted molar refractivity (Wildman–Crippen MR) is 101 cm³/mol. The van der Waals surface area contributed by atoms with Crippen LogP contribution in [0.1, 0.15) is 17.5 Å². The summed E-state index contributed by atoms with van der Waals surface area (Å²) in [7, 11) is 1.68. The number of thiocarbonyl (C=S) groups is 1. The van der Waals surface area contributed by atoms with Crippen molar-refractivity contribution >= 4 is 23.0 Å². The second-order valence-electron chi connectivity index (χ2n) is 5.37. The van der Waals surface area contributed by atoms with Gasteiger partial charge in [-0.3, -0.25) is 0 Å². The molecular weight excluding hydrogens is 318 g/mol. The third kappa shape index (κ3) is 5.90. The summed E-state index contributed by atoms with van der Waals surface area (Å²) >= 11 is 5.30. The molecule has 2 rings (SSSR count). The fourth-order valence-corrected chi connectivity index (χ4v) is 2.51. The molecule has 0 bridgehead atoms. The topological polar surface area (TPSA) is 57.1 Å². The Bertz CT molecular complexity index is 707. The van der Waals surface area contributed by atoms with Gasteiger partial charge in [0.1, 0.15) is 5.75 Å². The van der Waals surface area contributed by atoms with Crippen molar-refractivity contribution in [3.05, 3.63) is 59.7 Å². The van der Waals surface area contributed by atoms with E-state index in [1.165, 1.54) is 5.56 Å². The van der Waals surface area contributed by atoms with Gasteiger partial charge in [0, 0.05) is 12.2 Å². The molecule has 0 unspecified atom stereocenters. The zero-order valence-electron chi connectivity index (χ0n) is 13.7. The minimum atomic E-state index is 0.424. The Morgan fingerprint density at radius 2 is 1.96 bits per heavy atom. The molecule has 24 heavy (non-hydrogen) atoms. The largest absolute Gasteiger partial charge is 0.497 e. The Morgan fingerprint density at radius 1 is 1.17 bits per heavy atom. The molecule has 0 fully saturated rings. The molecule has 0 heterocycles. The van der Waals surface area contributed by atoms with E-state index in [4.69, 9.17) is 22.2 Å². The lowest BCUT2D eigenvalue weighted by Gasteiger charge is -2.11. The summed E-state index contributed by atoms with van der Waals surface area (Å²) in [5, 5.41) is 15.6. The van der Waals surface area contributed by atoms with Crippen LogP contribution in [0.3, 0.4) is 0 Å². The molecule has 0 saturated heterocycles. The average molecular weight is 339 g/mol. The molecule has 2 aromatic rings. The van der Waals surface area contributed by atoms with Crippen LogP contribution in [0.5, 0.6) is 5.75 Å².